The Morgan fingerprint density at radius 1 is 1.00 bits per heavy atom. The summed E-state index contributed by atoms with van der Waals surface area (Å²) in [4.78, 5) is 11.2. The standard InChI is InChI=1S/C28H21F5N8O/c29-22-3-1-2-20(26(22)30)27-36-24-13-35-41(15-25(24)37-27)14-17-4-7-23(39-38-17)19-6-5-18(12-21(19)28(31,32)33)42-11-10-40-9-8-34-16-40/h1-9,12-13,16H,10-11,14-15H2,(H,36,37). The fourth-order valence-electron chi connectivity index (χ4n) is 4.45. The molecular weight excluding hydrogens is 559 g/mol. The highest BCUT2D eigenvalue weighted by Crippen LogP contribution is 2.38. The van der Waals surface area contributed by atoms with Crippen LogP contribution < -0.4 is 4.74 Å². The van der Waals surface area contributed by atoms with E-state index in [2.05, 4.69) is 30.3 Å². The number of H-pyrrole nitrogens is 1. The first kappa shape index (κ1) is 27.1. The zero-order valence-corrected chi connectivity index (χ0v) is 21.7. The van der Waals surface area contributed by atoms with E-state index in [4.69, 9.17) is 4.74 Å². The number of ether oxygens (including phenoxy) is 1. The normalized spacial score (nSPS) is 12.9. The van der Waals surface area contributed by atoms with E-state index in [0.717, 1.165) is 12.1 Å². The smallest absolute Gasteiger partial charge is 0.417 e. The Labute approximate surface area is 235 Å². The summed E-state index contributed by atoms with van der Waals surface area (Å²) in [5.74, 6) is -1.73. The van der Waals surface area contributed by atoms with Gasteiger partial charge in [0.1, 0.15) is 18.2 Å². The minimum Gasteiger partial charge on any atom is -0.492 e. The molecule has 0 fully saturated rings. The molecular formula is C28H21F5N8O. The van der Waals surface area contributed by atoms with Gasteiger partial charge in [-0.1, -0.05) is 6.07 Å². The third-order valence-corrected chi connectivity index (χ3v) is 6.51. The second-order valence-corrected chi connectivity index (χ2v) is 9.38. The monoisotopic (exact) mass is 580 g/mol. The van der Waals surface area contributed by atoms with Gasteiger partial charge in [-0.2, -0.15) is 28.5 Å². The lowest BCUT2D eigenvalue weighted by atomic mass is 10.0. The molecule has 14 heteroatoms. The van der Waals surface area contributed by atoms with Gasteiger partial charge in [-0.3, -0.25) is 5.01 Å². The number of nitrogens with one attached hydrogen (secondary N) is 1. The zero-order chi connectivity index (χ0) is 29.3. The summed E-state index contributed by atoms with van der Waals surface area (Å²) in [6.07, 6.45) is 1.79. The molecule has 0 amide bonds. The van der Waals surface area contributed by atoms with Crippen molar-refractivity contribution in [2.24, 2.45) is 5.10 Å². The van der Waals surface area contributed by atoms with Gasteiger partial charge >= 0.3 is 6.18 Å². The molecule has 1 N–H and O–H groups in total. The molecule has 0 saturated heterocycles. The number of benzene rings is 2. The molecule has 5 aromatic rings. The molecule has 0 bridgehead atoms. The summed E-state index contributed by atoms with van der Waals surface area (Å²) in [6.45, 7) is 1.04. The number of alkyl halides is 3. The molecule has 0 saturated carbocycles. The van der Waals surface area contributed by atoms with Gasteiger partial charge in [0.15, 0.2) is 11.6 Å². The van der Waals surface area contributed by atoms with Gasteiger partial charge in [0.25, 0.3) is 0 Å². The van der Waals surface area contributed by atoms with Gasteiger partial charge in [0.2, 0.25) is 0 Å². The third-order valence-electron chi connectivity index (χ3n) is 6.51. The van der Waals surface area contributed by atoms with E-state index >= 15 is 0 Å². The van der Waals surface area contributed by atoms with Crippen LogP contribution in [-0.2, 0) is 25.8 Å². The van der Waals surface area contributed by atoms with Crippen molar-refractivity contribution in [2.75, 3.05) is 6.61 Å². The predicted octanol–water partition coefficient (Wildman–Crippen LogP) is 5.46. The Balaban J connectivity index is 1.14. The van der Waals surface area contributed by atoms with Crippen LogP contribution in [0.25, 0.3) is 22.6 Å². The Morgan fingerprint density at radius 2 is 1.88 bits per heavy atom. The second kappa shape index (κ2) is 11.0. The molecule has 0 atom stereocenters. The van der Waals surface area contributed by atoms with Crippen molar-refractivity contribution >= 4 is 6.21 Å². The molecule has 214 valence electrons. The average molecular weight is 581 g/mol. The number of imidazole rings is 2. The first-order valence-electron chi connectivity index (χ1n) is 12.7. The number of aromatic amines is 1. The number of hydrogen-bond acceptors (Lipinski definition) is 7. The highest BCUT2D eigenvalue weighted by molar-refractivity contribution is 5.80. The number of hydrogen-bond donors (Lipinski definition) is 1. The van der Waals surface area contributed by atoms with Crippen LogP contribution in [0.3, 0.4) is 0 Å². The Bertz CT molecular complexity index is 1730. The van der Waals surface area contributed by atoms with Crippen molar-refractivity contribution in [1.82, 2.24) is 34.7 Å². The molecule has 0 unspecified atom stereocenters. The van der Waals surface area contributed by atoms with Crippen molar-refractivity contribution in [3.05, 3.63) is 102 Å². The maximum atomic E-state index is 14.2. The quantitative estimate of drug-likeness (QED) is 0.245. The summed E-state index contributed by atoms with van der Waals surface area (Å²) in [6, 6.07) is 10.6. The van der Waals surface area contributed by atoms with Crippen LogP contribution in [-0.4, -0.2) is 47.5 Å². The predicted molar refractivity (Wildman–Crippen MR) is 141 cm³/mol. The number of rotatable bonds is 8. The topological polar surface area (TPSA) is 97.1 Å². The lowest BCUT2D eigenvalue weighted by molar-refractivity contribution is -0.137. The number of nitrogens with zero attached hydrogens (tertiary/aromatic N) is 7. The van der Waals surface area contributed by atoms with E-state index in [1.54, 1.807) is 34.4 Å². The number of fused-ring (bicyclic) bond motifs is 1. The number of hydrazone groups is 1. The molecule has 42 heavy (non-hydrogen) atoms. The van der Waals surface area contributed by atoms with E-state index in [1.165, 1.54) is 36.5 Å². The molecule has 1 aliphatic rings. The Hall–Kier alpha value is -5.14. The van der Waals surface area contributed by atoms with Crippen LogP contribution in [0.2, 0.25) is 0 Å². The van der Waals surface area contributed by atoms with E-state index < -0.39 is 23.4 Å². The fourth-order valence-corrected chi connectivity index (χ4v) is 4.45. The highest BCUT2D eigenvalue weighted by atomic mass is 19.4. The Kier molecular flexibility index (Phi) is 7.10. The van der Waals surface area contributed by atoms with Crippen LogP contribution in [0.4, 0.5) is 22.0 Å². The van der Waals surface area contributed by atoms with E-state index in [1.807, 2.05) is 0 Å². The molecule has 0 aliphatic carbocycles. The lowest BCUT2D eigenvalue weighted by Crippen LogP contribution is -2.22. The maximum absolute atomic E-state index is 14.2. The Morgan fingerprint density at radius 3 is 2.64 bits per heavy atom. The third kappa shape index (κ3) is 5.68. The number of halogens is 5. The molecule has 9 nitrogen and oxygen atoms in total. The fraction of sp³-hybridized carbons (Fsp3) is 0.179. The summed E-state index contributed by atoms with van der Waals surface area (Å²) in [7, 11) is 0. The summed E-state index contributed by atoms with van der Waals surface area (Å²) < 4.78 is 76.9. The van der Waals surface area contributed by atoms with Gasteiger partial charge in [-0.15, -0.1) is 0 Å². The largest absolute Gasteiger partial charge is 0.492 e. The van der Waals surface area contributed by atoms with E-state index in [0.29, 0.717) is 23.6 Å². The van der Waals surface area contributed by atoms with E-state index in [9.17, 15) is 22.0 Å². The van der Waals surface area contributed by atoms with Gasteiger partial charge < -0.3 is 14.3 Å². The van der Waals surface area contributed by atoms with Crippen molar-refractivity contribution < 1.29 is 26.7 Å². The van der Waals surface area contributed by atoms with Gasteiger partial charge in [0.05, 0.1) is 66.1 Å². The first-order valence-corrected chi connectivity index (χ1v) is 12.7. The maximum Gasteiger partial charge on any atom is 0.417 e. The van der Waals surface area contributed by atoms with Crippen LogP contribution in [0.1, 0.15) is 22.6 Å². The van der Waals surface area contributed by atoms with Crippen molar-refractivity contribution in [3.63, 3.8) is 0 Å². The van der Waals surface area contributed by atoms with E-state index in [-0.39, 0.29) is 48.1 Å². The van der Waals surface area contributed by atoms with Crippen LogP contribution >= 0.6 is 0 Å². The lowest BCUT2D eigenvalue weighted by Gasteiger charge is -2.20. The molecule has 6 rings (SSSR count). The van der Waals surface area contributed by atoms with Crippen molar-refractivity contribution in [2.45, 2.75) is 25.8 Å². The minimum absolute atomic E-state index is 0.00175. The second-order valence-electron chi connectivity index (χ2n) is 9.38. The van der Waals surface area contributed by atoms with Crippen molar-refractivity contribution in [3.8, 4) is 28.4 Å². The van der Waals surface area contributed by atoms with Crippen molar-refractivity contribution in [1.29, 1.82) is 0 Å². The summed E-state index contributed by atoms with van der Waals surface area (Å²) in [5, 5.41) is 14.1. The molecule has 0 radical (unpaired) electrons. The molecule has 3 aromatic heterocycles. The molecule has 2 aromatic carbocycles. The molecule has 1 aliphatic heterocycles. The molecule has 4 heterocycles. The highest BCUT2D eigenvalue weighted by Gasteiger charge is 2.35. The van der Waals surface area contributed by atoms with Gasteiger partial charge in [0, 0.05) is 18.0 Å². The number of aromatic nitrogens is 6. The molecule has 0 spiro atoms. The summed E-state index contributed by atoms with van der Waals surface area (Å²) in [5.41, 5.74) is 0.613. The van der Waals surface area contributed by atoms with Gasteiger partial charge in [-0.05, 0) is 42.5 Å². The van der Waals surface area contributed by atoms with Crippen LogP contribution in [0.5, 0.6) is 5.75 Å². The van der Waals surface area contributed by atoms with Crippen LogP contribution in [0, 0.1) is 11.6 Å². The van der Waals surface area contributed by atoms with Crippen LogP contribution in [0.15, 0.2) is 72.4 Å². The SMILES string of the molecule is Fc1cccc(-c2nc3c([nH]2)C=NN(Cc2ccc(-c4ccc(OCCn5ccnc5)cc4C(F)(F)F)nn2)C3)c1F. The average Bonchev–Trinajstić information content (AvgIpc) is 3.64. The minimum atomic E-state index is -4.64. The first-order chi connectivity index (χ1) is 20.2. The van der Waals surface area contributed by atoms with Gasteiger partial charge in [-0.25, -0.2) is 18.7 Å². The summed E-state index contributed by atoms with van der Waals surface area (Å²) >= 11 is 0. The zero-order valence-electron chi connectivity index (χ0n) is 21.7.